The maximum absolute atomic E-state index is 11.7. The lowest BCUT2D eigenvalue weighted by Gasteiger charge is -2.10. The zero-order valence-electron chi connectivity index (χ0n) is 9.64. The monoisotopic (exact) mass is 250 g/mol. The minimum atomic E-state index is -0.267. The van der Waals surface area contributed by atoms with E-state index in [4.69, 9.17) is 15.6 Å². The molecule has 0 spiro atoms. The molecule has 96 valence electrons. The number of aromatic nitrogens is 3. The van der Waals surface area contributed by atoms with E-state index in [1.165, 1.54) is 0 Å². The van der Waals surface area contributed by atoms with Crippen LogP contribution in [0.5, 0.6) is 0 Å². The Labute approximate surface area is 102 Å². The van der Waals surface area contributed by atoms with E-state index in [2.05, 4.69) is 15.0 Å². The summed E-state index contributed by atoms with van der Waals surface area (Å²) in [5.74, 6) is 0.0880. The van der Waals surface area contributed by atoms with Crippen LogP contribution in [-0.4, -0.2) is 32.8 Å². The topological polar surface area (TPSA) is 117 Å². The lowest BCUT2D eigenvalue weighted by molar-refractivity contribution is 0.00995. The summed E-state index contributed by atoms with van der Waals surface area (Å²) in [6, 6.07) is 0. The fraction of sp³-hybridized carbons (Fsp3) is 0.455. The summed E-state index contributed by atoms with van der Waals surface area (Å²) in [7, 11) is 0. The van der Waals surface area contributed by atoms with Crippen LogP contribution in [-0.2, 0) is 4.74 Å². The second kappa shape index (κ2) is 4.11. The van der Waals surface area contributed by atoms with E-state index in [0.29, 0.717) is 10.9 Å². The molecule has 7 heteroatoms. The van der Waals surface area contributed by atoms with Crippen molar-refractivity contribution in [2.24, 2.45) is 0 Å². The van der Waals surface area contributed by atoms with Gasteiger partial charge < -0.3 is 20.6 Å². The average molecular weight is 250 g/mol. The maximum atomic E-state index is 11.7. The van der Waals surface area contributed by atoms with E-state index < -0.39 is 0 Å². The SMILES string of the molecule is Nc1nc2c(C3CCC(CO)O3)[nH]cc2c(=O)[nH]1. The third-order valence-electron chi connectivity index (χ3n) is 3.23. The largest absolute Gasteiger partial charge is 0.394 e. The molecular formula is C11H14N4O3. The molecule has 2 atom stereocenters. The quantitative estimate of drug-likeness (QED) is 0.600. The van der Waals surface area contributed by atoms with Gasteiger partial charge in [0.05, 0.1) is 23.8 Å². The van der Waals surface area contributed by atoms with Gasteiger partial charge in [-0.25, -0.2) is 4.98 Å². The number of nitrogens with zero attached hydrogens (tertiary/aromatic N) is 1. The van der Waals surface area contributed by atoms with E-state index in [-0.39, 0.29) is 30.3 Å². The van der Waals surface area contributed by atoms with E-state index in [1.54, 1.807) is 6.20 Å². The van der Waals surface area contributed by atoms with Crippen LogP contribution in [0.1, 0.15) is 24.6 Å². The van der Waals surface area contributed by atoms with Gasteiger partial charge in [0.1, 0.15) is 11.6 Å². The summed E-state index contributed by atoms with van der Waals surface area (Å²) in [6.45, 7) is 0.00525. The molecule has 0 aromatic carbocycles. The minimum Gasteiger partial charge on any atom is -0.394 e. The van der Waals surface area contributed by atoms with Crippen LogP contribution in [0.3, 0.4) is 0 Å². The Balaban J connectivity index is 2.05. The smallest absolute Gasteiger partial charge is 0.261 e. The highest BCUT2D eigenvalue weighted by Gasteiger charge is 2.29. The van der Waals surface area contributed by atoms with Gasteiger partial charge in [-0.1, -0.05) is 0 Å². The second-order valence-electron chi connectivity index (χ2n) is 4.42. The van der Waals surface area contributed by atoms with Gasteiger partial charge in [0.15, 0.2) is 0 Å². The Morgan fingerprint density at radius 3 is 3.11 bits per heavy atom. The highest BCUT2D eigenvalue weighted by atomic mass is 16.5. The fourth-order valence-electron chi connectivity index (χ4n) is 2.36. The summed E-state index contributed by atoms with van der Waals surface area (Å²) in [6.07, 6.45) is 2.86. The number of H-pyrrole nitrogens is 2. The molecule has 3 heterocycles. The van der Waals surface area contributed by atoms with E-state index in [9.17, 15) is 4.79 Å². The van der Waals surface area contributed by atoms with E-state index in [0.717, 1.165) is 18.5 Å². The molecule has 0 bridgehead atoms. The van der Waals surface area contributed by atoms with Gasteiger partial charge in [-0.2, -0.15) is 0 Å². The van der Waals surface area contributed by atoms with Crippen LogP contribution in [0.4, 0.5) is 5.95 Å². The molecule has 5 N–H and O–H groups in total. The molecule has 3 rings (SSSR count). The first kappa shape index (κ1) is 11.2. The third kappa shape index (κ3) is 1.68. The fourth-order valence-corrected chi connectivity index (χ4v) is 2.36. The number of aliphatic hydroxyl groups is 1. The summed E-state index contributed by atoms with van der Waals surface area (Å²) in [5, 5.41) is 9.52. The van der Waals surface area contributed by atoms with Crippen LogP contribution >= 0.6 is 0 Å². The summed E-state index contributed by atoms with van der Waals surface area (Å²) in [5.41, 5.74) is 6.57. The van der Waals surface area contributed by atoms with Crippen molar-refractivity contribution in [3.63, 3.8) is 0 Å². The Morgan fingerprint density at radius 2 is 2.39 bits per heavy atom. The molecule has 7 nitrogen and oxygen atoms in total. The standard InChI is InChI=1S/C11H14N4O3/c12-11-14-8-6(10(17)15-11)3-13-9(8)7-2-1-5(4-16)18-7/h3,5,7,13,16H,1-2,4H2,(H3,12,14,15,17). The van der Waals surface area contributed by atoms with Crippen LogP contribution < -0.4 is 11.3 Å². The van der Waals surface area contributed by atoms with Gasteiger partial charge in [0.25, 0.3) is 5.56 Å². The molecule has 1 aliphatic heterocycles. The highest BCUT2D eigenvalue weighted by Crippen LogP contribution is 2.34. The average Bonchev–Trinajstić information content (AvgIpc) is 2.93. The molecule has 0 saturated carbocycles. The third-order valence-corrected chi connectivity index (χ3v) is 3.23. The highest BCUT2D eigenvalue weighted by molar-refractivity contribution is 5.81. The van der Waals surface area contributed by atoms with E-state index in [1.807, 2.05) is 0 Å². The first-order valence-electron chi connectivity index (χ1n) is 5.82. The Kier molecular flexibility index (Phi) is 2.57. The summed E-state index contributed by atoms with van der Waals surface area (Å²) >= 11 is 0. The maximum Gasteiger partial charge on any atom is 0.261 e. The lowest BCUT2D eigenvalue weighted by Crippen LogP contribution is -2.12. The van der Waals surface area contributed by atoms with Crippen LogP contribution in [0.25, 0.3) is 10.9 Å². The number of hydrogen-bond acceptors (Lipinski definition) is 5. The molecule has 2 unspecified atom stereocenters. The number of fused-ring (bicyclic) bond motifs is 1. The summed E-state index contributed by atoms with van der Waals surface area (Å²) < 4.78 is 5.67. The second-order valence-corrected chi connectivity index (χ2v) is 4.42. The number of aromatic amines is 2. The minimum absolute atomic E-state index is 0.00525. The molecule has 18 heavy (non-hydrogen) atoms. The van der Waals surface area contributed by atoms with Crippen molar-refractivity contribution in [2.45, 2.75) is 25.0 Å². The van der Waals surface area contributed by atoms with Crippen molar-refractivity contribution < 1.29 is 9.84 Å². The van der Waals surface area contributed by atoms with E-state index >= 15 is 0 Å². The number of aliphatic hydroxyl groups excluding tert-OH is 1. The first-order chi connectivity index (χ1) is 8.69. The molecule has 1 fully saturated rings. The molecular weight excluding hydrogens is 236 g/mol. The van der Waals surface area contributed by atoms with Crippen molar-refractivity contribution in [1.82, 2.24) is 15.0 Å². The number of rotatable bonds is 2. The van der Waals surface area contributed by atoms with Crippen molar-refractivity contribution in [3.05, 3.63) is 22.2 Å². The summed E-state index contributed by atoms with van der Waals surface area (Å²) in [4.78, 5) is 21.3. The number of hydrogen-bond donors (Lipinski definition) is 4. The Bertz CT molecular complexity index is 633. The van der Waals surface area contributed by atoms with Gasteiger partial charge in [0.2, 0.25) is 5.95 Å². The Hall–Kier alpha value is -1.86. The van der Waals surface area contributed by atoms with Crippen molar-refractivity contribution in [2.75, 3.05) is 12.3 Å². The molecule has 2 aromatic heterocycles. The van der Waals surface area contributed by atoms with Gasteiger partial charge in [-0.15, -0.1) is 0 Å². The number of ether oxygens (including phenoxy) is 1. The van der Waals surface area contributed by atoms with Gasteiger partial charge in [-0.05, 0) is 12.8 Å². The van der Waals surface area contributed by atoms with Gasteiger partial charge in [0, 0.05) is 6.20 Å². The van der Waals surface area contributed by atoms with Crippen molar-refractivity contribution >= 4 is 16.9 Å². The van der Waals surface area contributed by atoms with Crippen LogP contribution in [0, 0.1) is 0 Å². The molecule has 0 radical (unpaired) electrons. The normalized spacial score (nSPS) is 23.8. The molecule has 0 amide bonds. The Morgan fingerprint density at radius 1 is 1.56 bits per heavy atom. The molecule has 1 aliphatic rings. The zero-order chi connectivity index (χ0) is 12.7. The number of nitrogens with one attached hydrogen (secondary N) is 2. The molecule has 1 saturated heterocycles. The van der Waals surface area contributed by atoms with Crippen LogP contribution in [0.15, 0.2) is 11.0 Å². The van der Waals surface area contributed by atoms with Crippen molar-refractivity contribution in [3.8, 4) is 0 Å². The van der Waals surface area contributed by atoms with Crippen molar-refractivity contribution in [1.29, 1.82) is 0 Å². The molecule has 0 aliphatic carbocycles. The van der Waals surface area contributed by atoms with Gasteiger partial charge in [-0.3, -0.25) is 9.78 Å². The number of anilines is 1. The van der Waals surface area contributed by atoms with Gasteiger partial charge >= 0.3 is 0 Å². The number of nitrogens with two attached hydrogens (primary N) is 1. The zero-order valence-corrected chi connectivity index (χ0v) is 9.64. The predicted molar refractivity (Wildman–Crippen MR) is 65.1 cm³/mol. The predicted octanol–water partition coefficient (Wildman–Crippen LogP) is 0.0458. The number of nitrogen functional groups attached to an aromatic ring is 1. The first-order valence-corrected chi connectivity index (χ1v) is 5.82. The molecule has 2 aromatic rings. The lowest BCUT2D eigenvalue weighted by atomic mass is 10.1. The van der Waals surface area contributed by atoms with Crippen LogP contribution in [0.2, 0.25) is 0 Å².